The number of rotatable bonds is 6. The van der Waals surface area contributed by atoms with Crippen LogP contribution in [0.5, 0.6) is 0 Å². The van der Waals surface area contributed by atoms with Gasteiger partial charge in [0.1, 0.15) is 0 Å². The first-order valence-electron chi connectivity index (χ1n) is 6.01. The first-order valence-corrected chi connectivity index (χ1v) is 6.01. The number of aliphatic hydroxyl groups is 1. The lowest BCUT2D eigenvalue weighted by Gasteiger charge is -2.22. The lowest BCUT2D eigenvalue weighted by atomic mass is 10.1. The van der Waals surface area contributed by atoms with Gasteiger partial charge in [-0.25, -0.2) is 0 Å². The Morgan fingerprint density at radius 1 is 1.53 bits per heavy atom. The lowest BCUT2D eigenvalue weighted by molar-refractivity contribution is -0.384. The predicted octanol–water partition coefficient (Wildman–Crippen LogP) is 2.00. The van der Waals surface area contributed by atoms with Gasteiger partial charge in [-0.05, 0) is 26.3 Å². The first-order chi connectivity index (χ1) is 8.82. The van der Waals surface area contributed by atoms with Gasteiger partial charge in [0.25, 0.3) is 5.69 Å². The van der Waals surface area contributed by atoms with Crippen LogP contribution >= 0.6 is 0 Å². The highest BCUT2D eigenvalue weighted by molar-refractivity contribution is 6.00. The van der Waals surface area contributed by atoms with Gasteiger partial charge in [-0.2, -0.15) is 0 Å². The van der Waals surface area contributed by atoms with Gasteiger partial charge in [0.15, 0.2) is 5.78 Å². The third-order valence-corrected chi connectivity index (χ3v) is 2.86. The molecule has 0 fully saturated rings. The summed E-state index contributed by atoms with van der Waals surface area (Å²) in [5, 5.41) is 20.0. The van der Waals surface area contributed by atoms with Crippen molar-refractivity contribution in [2.24, 2.45) is 0 Å². The maximum atomic E-state index is 11.6. The summed E-state index contributed by atoms with van der Waals surface area (Å²) in [6, 6.07) is 4.23. The quantitative estimate of drug-likeness (QED) is 0.483. The van der Waals surface area contributed by atoms with Crippen LogP contribution < -0.4 is 4.90 Å². The van der Waals surface area contributed by atoms with E-state index in [1.165, 1.54) is 19.1 Å². The number of hydrogen-bond donors (Lipinski definition) is 1. The van der Waals surface area contributed by atoms with Gasteiger partial charge in [-0.1, -0.05) is 0 Å². The fourth-order valence-electron chi connectivity index (χ4n) is 1.75. The first kappa shape index (κ1) is 15.1. The van der Waals surface area contributed by atoms with Crippen molar-refractivity contribution >= 4 is 17.2 Å². The summed E-state index contributed by atoms with van der Waals surface area (Å²) in [5.74, 6) is -0.220. The highest BCUT2D eigenvalue weighted by Gasteiger charge is 2.16. The highest BCUT2D eigenvalue weighted by atomic mass is 16.6. The number of benzene rings is 1. The zero-order valence-electron chi connectivity index (χ0n) is 11.3. The van der Waals surface area contributed by atoms with Crippen LogP contribution in [-0.2, 0) is 0 Å². The Morgan fingerprint density at radius 3 is 2.63 bits per heavy atom. The van der Waals surface area contributed by atoms with Gasteiger partial charge in [0.05, 0.1) is 11.0 Å². The Bertz CT molecular complexity index is 486. The van der Waals surface area contributed by atoms with Crippen LogP contribution in [0.1, 0.15) is 30.6 Å². The van der Waals surface area contributed by atoms with E-state index in [-0.39, 0.29) is 11.5 Å². The Balaban J connectivity index is 3.06. The molecule has 0 saturated heterocycles. The van der Waals surface area contributed by atoms with Crippen LogP contribution in [0.15, 0.2) is 18.2 Å². The minimum atomic E-state index is -0.522. The molecular formula is C13H18N2O4. The number of hydrogen-bond acceptors (Lipinski definition) is 5. The fraction of sp³-hybridized carbons (Fsp3) is 0.462. The molecule has 0 heterocycles. The van der Waals surface area contributed by atoms with Crippen LogP contribution in [-0.4, -0.2) is 35.5 Å². The predicted molar refractivity (Wildman–Crippen MR) is 72.7 cm³/mol. The summed E-state index contributed by atoms with van der Waals surface area (Å²) in [7, 11) is 1.79. The van der Waals surface area contributed by atoms with Gasteiger partial charge < -0.3 is 10.0 Å². The molecule has 1 N–H and O–H groups in total. The molecule has 6 heteroatoms. The third kappa shape index (κ3) is 4.03. The van der Waals surface area contributed by atoms with Crippen LogP contribution in [0, 0.1) is 10.1 Å². The minimum absolute atomic E-state index is 0.0992. The number of Topliss-reactive ketones (excluding diaryl/α,β-unsaturated/α-hetero) is 1. The Morgan fingerprint density at radius 2 is 2.16 bits per heavy atom. The largest absolute Gasteiger partial charge is 0.393 e. The summed E-state index contributed by atoms with van der Waals surface area (Å²) in [6.45, 7) is 3.64. The Kier molecular flexibility index (Phi) is 5.00. The summed E-state index contributed by atoms with van der Waals surface area (Å²) < 4.78 is 0. The average molecular weight is 266 g/mol. The maximum Gasteiger partial charge on any atom is 0.270 e. The van der Waals surface area contributed by atoms with E-state index in [0.29, 0.717) is 24.2 Å². The second-order valence-corrected chi connectivity index (χ2v) is 4.57. The van der Waals surface area contributed by atoms with Crippen molar-refractivity contribution < 1.29 is 14.8 Å². The third-order valence-electron chi connectivity index (χ3n) is 2.86. The second kappa shape index (κ2) is 6.29. The average Bonchev–Trinajstić information content (AvgIpc) is 2.34. The van der Waals surface area contributed by atoms with E-state index < -0.39 is 11.0 Å². The number of nitrogens with zero attached hydrogens (tertiary/aromatic N) is 2. The molecule has 0 radical (unpaired) electrons. The molecule has 6 nitrogen and oxygen atoms in total. The van der Waals surface area contributed by atoms with Gasteiger partial charge >= 0.3 is 0 Å². The van der Waals surface area contributed by atoms with E-state index in [0.717, 1.165) is 0 Å². The Hall–Kier alpha value is -1.95. The zero-order valence-corrected chi connectivity index (χ0v) is 11.3. The van der Waals surface area contributed by atoms with Crippen LogP contribution in [0.4, 0.5) is 11.4 Å². The summed E-state index contributed by atoms with van der Waals surface area (Å²) in [4.78, 5) is 23.6. The standard InChI is InChI=1S/C13H18N2O4/c1-9(16)6-7-14(3)13-5-4-11(15(18)19)8-12(13)10(2)17/h4-5,8-9,16H,6-7H2,1-3H3. The molecule has 19 heavy (non-hydrogen) atoms. The number of ketones is 1. The molecule has 1 atom stereocenters. The van der Waals surface area contributed by atoms with Crippen LogP contribution in [0.2, 0.25) is 0 Å². The molecule has 0 spiro atoms. The number of nitro benzene ring substituents is 1. The molecule has 1 aromatic rings. The normalized spacial score (nSPS) is 12.0. The van der Waals surface area contributed by atoms with E-state index in [1.807, 2.05) is 4.90 Å². The van der Waals surface area contributed by atoms with Gasteiger partial charge in [0, 0.05) is 37.0 Å². The molecule has 0 amide bonds. The molecule has 0 aromatic heterocycles. The number of carbonyl (C=O) groups excluding carboxylic acids is 1. The second-order valence-electron chi connectivity index (χ2n) is 4.57. The van der Waals surface area contributed by atoms with Crippen molar-refractivity contribution in [2.45, 2.75) is 26.4 Å². The molecule has 0 aliphatic carbocycles. The lowest BCUT2D eigenvalue weighted by Crippen LogP contribution is -2.23. The number of carbonyl (C=O) groups is 1. The SMILES string of the molecule is CC(=O)c1cc([N+](=O)[O-])ccc1N(C)CCC(C)O. The summed E-state index contributed by atoms with van der Waals surface area (Å²) in [5.41, 5.74) is 0.860. The molecule has 1 aromatic carbocycles. The Labute approximate surface area is 111 Å². The van der Waals surface area contributed by atoms with E-state index in [9.17, 15) is 20.0 Å². The summed E-state index contributed by atoms with van der Waals surface area (Å²) >= 11 is 0. The number of non-ortho nitro benzene ring substituents is 1. The molecule has 0 bridgehead atoms. The minimum Gasteiger partial charge on any atom is -0.393 e. The van der Waals surface area contributed by atoms with E-state index in [1.54, 1.807) is 20.0 Å². The highest BCUT2D eigenvalue weighted by Crippen LogP contribution is 2.25. The smallest absolute Gasteiger partial charge is 0.270 e. The molecule has 0 aliphatic rings. The van der Waals surface area contributed by atoms with Crippen LogP contribution in [0.25, 0.3) is 0 Å². The monoisotopic (exact) mass is 266 g/mol. The van der Waals surface area contributed by atoms with Crippen molar-refractivity contribution in [2.75, 3.05) is 18.5 Å². The number of anilines is 1. The van der Waals surface area contributed by atoms with Crippen molar-refractivity contribution in [1.29, 1.82) is 0 Å². The van der Waals surface area contributed by atoms with Crippen molar-refractivity contribution in [3.63, 3.8) is 0 Å². The molecule has 104 valence electrons. The molecule has 1 unspecified atom stereocenters. The number of nitro groups is 1. The van der Waals surface area contributed by atoms with Crippen molar-refractivity contribution in [3.8, 4) is 0 Å². The van der Waals surface area contributed by atoms with Gasteiger partial charge in [0.2, 0.25) is 0 Å². The van der Waals surface area contributed by atoms with Crippen LogP contribution in [0.3, 0.4) is 0 Å². The topological polar surface area (TPSA) is 83.7 Å². The maximum absolute atomic E-state index is 11.6. The van der Waals surface area contributed by atoms with E-state index >= 15 is 0 Å². The number of aliphatic hydroxyl groups excluding tert-OH is 1. The van der Waals surface area contributed by atoms with Crippen molar-refractivity contribution in [1.82, 2.24) is 0 Å². The molecule has 0 aliphatic heterocycles. The zero-order chi connectivity index (χ0) is 14.6. The molecular weight excluding hydrogens is 248 g/mol. The summed E-state index contributed by atoms with van der Waals surface area (Å²) in [6.07, 6.45) is 0.131. The molecule has 0 saturated carbocycles. The van der Waals surface area contributed by atoms with E-state index in [4.69, 9.17) is 0 Å². The fourth-order valence-corrected chi connectivity index (χ4v) is 1.75. The van der Waals surface area contributed by atoms with Crippen molar-refractivity contribution in [3.05, 3.63) is 33.9 Å². The van der Waals surface area contributed by atoms with Gasteiger partial charge in [-0.15, -0.1) is 0 Å². The van der Waals surface area contributed by atoms with E-state index in [2.05, 4.69) is 0 Å². The van der Waals surface area contributed by atoms with Gasteiger partial charge in [-0.3, -0.25) is 14.9 Å². The molecule has 1 rings (SSSR count).